The molecule has 7 heteroatoms. The van der Waals surface area contributed by atoms with E-state index in [4.69, 9.17) is 0 Å². The molecule has 0 aliphatic heterocycles. The second-order valence-electron chi connectivity index (χ2n) is 4.38. The number of thioether (sulfide) groups is 1. The third-order valence-electron chi connectivity index (χ3n) is 2.66. The van der Waals surface area contributed by atoms with Gasteiger partial charge in [0.25, 0.3) is 10.0 Å². The lowest BCUT2D eigenvalue weighted by atomic mass is 10.3. The lowest BCUT2D eigenvalue weighted by molar-refractivity contribution is 0.575. The van der Waals surface area contributed by atoms with E-state index in [1.165, 1.54) is 6.20 Å². The molecular formula is C13H23N3O2S2. The molecule has 0 saturated heterocycles. The first-order valence-electron chi connectivity index (χ1n) is 6.79. The molecule has 0 atom stereocenters. The molecule has 1 heterocycles. The molecule has 5 nitrogen and oxygen atoms in total. The normalized spacial score (nSPS) is 11.5. The summed E-state index contributed by atoms with van der Waals surface area (Å²) in [6.45, 7) is 3.20. The van der Waals surface area contributed by atoms with Crippen molar-refractivity contribution in [1.82, 2.24) is 9.71 Å². The maximum Gasteiger partial charge on any atom is 0.260 e. The van der Waals surface area contributed by atoms with Gasteiger partial charge in [0.1, 0.15) is 0 Å². The van der Waals surface area contributed by atoms with Crippen LogP contribution in [0.4, 0.5) is 5.69 Å². The zero-order chi connectivity index (χ0) is 14.8. The molecule has 1 aromatic heterocycles. The van der Waals surface area contributed by atoms with E-state index in [0.717, 1.165) is 31.6 Å². The van der Waals surface area contributed by atoms with Crippen molar-refractivity contribution in [2.75, 3.05) is 30.4 Å². The number of unbranched alkanes of at least 4 members (excludes halogenated alkanes) is 1. The summed E-state index contributed by atoms with van der Waals surface area (Å²) in [5, 5.41) is 3.18. The van der Waals surface area contributed by atoms with Gasteiger partial charge in [-0.2, -0.15) is 11.8 Å². The summed E-state index contributed by atoms with van der Waals surface area (Å²) in [6, 6.07) is 3.47. The van der Waals surface area contributed by atoms with E-state index in [-0.39, 0.29) is 5.03 Å². The summed E-state index contributed by atoms with van der Waals surface area (Å²) >= 11 is 1.77. The fourth-order valence-corrected chi connectivity index (χ4v) is 3.32. The van der Waals surface area contributed by atoms with Crippen LogP contribution in [0.2, 0.25) is 0 Å². The van der Waals surface area contributed by atoms with Gasteiger partial charge in [-0.15, -0.1) is 0 Å². The van der Waals surface area contributed by atoms with Gasteiger partial charge in [-0.1, -0.05) is 6.92 Å². The van der Waals surface area contributed by atoms with Gasteiger partial charge in [-0.25, -0.2) is 18.1 Å². The van der Waals surface area contributed by atoms with E-state index in [9.17, 15) is 8.42 Å². The predicted molar refractivity (Wildman–Crippen MR) is 85.8 cm³/mol. The maximum atomic E-state index is 12.2. The molecule has 2 N–H and O–H groups in total. The maximum absolute atomic E-state index is 12.2. The van der Waals surface area contributed by atoms with Gasteiger partial charge in [0, 0.05) is 19.3 Å². The van der Waals surface area contributed by atoms with Gasteiger partial charge >= 0.3 is 0 Å². The Hall–Kier alpha value is -0.790. The van der Waals surface area contributed by atoms with Crippen LogP contribution in [0.3, 0.4) is 0 Å². The first-order chi connectivity index (χ1) is 9.61. The average Bonchev–Trinajstić information content (AvgIpc) is 2.45. The third-order valence-corrected chi connectivity index (χ3v) is 4.77. The monoisotopic (exact) mass is 317 g/mol. The second-order valence-corrected chi connectivity index (χ2v) is 7.05. The van der Waals surface area contributed by atoms with E-state index in [1.807, 2.05) is 13.2 Å². The molecule has 1 rings (SSSR count). The number of sulfonamides is 1. The Bertz CT molecular complexity index is 492. The highest BCUT2D eigenvalue weighted by Crippen LogP contribution is 2.17. The van der Waals surface area contributed by atoms with Crippen LogP contribution in [0, 0.1) is 0 Å². The third kappa shape index (κ3) is 5.68. The Morgan fingerprint density at radius 3 is 2.80 bits per heavy atom. The standard InChI is InChI=1S/C13H23N3O2S2/c1-3-8-14-12-7-6-9-15-13(12)20(17,18)16-10-4-5-11-19-2/h6-7,9,14,16H,3-5,8,10-11H2,1-2H3. The largest absolute Gasteiger partial charge is 0.383 e. The number of pyridine rings is 1. The molecular weight excluding hydrogens is 294 g/mol. The van der Waals surface area contributed by atoms with Crippen molar-refractivity contribution in [2.24, 2.45) is 0 Å². The van der Waals surface area contributed by atoms with Crippen molar-refractivity contribution in [1.29, 1.82) is 0 Å². The van der Waals surface area contributed by atoms with Crippen molar-refractivity contribution in [3.8, 4) is 0 Å². The Morgan fingerprint density at radius 2 is 2.10 bits per heavy atom. The highest BCUT2D eigenvalue weighted by Gasteiger charge is 2.19. The van der Waals surface area contributed by atoms with Crippen LogP contribution in [0.5, 0.6) is 0 Å². The SMILES string of the molecule is CCCNc1cccnc1S(=O)(=O)NCCCCSC. The number of anilines is 1. The molecule has 0 radical (unpaired) electrons. The molecule has 20 heavy (non-hydrogen) atoms. The summed E-state index contributed by atoms with van der Waals surface area (Å²) in [4.78, 5) is 4.00. The van der Waals surface area contributed by atoms with Gasteiger partial charge < -0.3 is 5.32 Å². The van der Waals surface area contributed by atoms with Crippen LogP contribution < -0.4 is 10.0 Å². The summed E-state index contributed by atoms with van der Waals surface area (Å²) in [7, 11) is -3.54. The van der Waals surface area contributed by atoms with Gasteiger partial charge in [0.2, 0.25) is 0 Å². The fourth-order valence-electron chi connectivity index (χ4n) is 1.65. The number of hydrogen-bond donors (Lipinski definition) is 2. The number of nitrogens with zero attached hydrogens (tertiary/aromatic N) is 1. The van der Waals surface area contributed by atoms with E-state index in [2.05, 4.69) is 15.0 Å². The van der Waals surface area contributed by atoms with Gasteiger partial charge in [-0.05, 0) is 43.4 Å². The van der Waals surface area contributed by atoms with Crippen LogP contribution in [0.25, 0.3) is 0 Å². The molecule has 0 aliphatic rings. The lowest BCUT2D eigenvalue weighted by Crippen LogP contribution is -2.26. The number of nitrogens with one attached hydrogen (secondary N) is 2. The Kier molecular flexibility index (Phi) is 7.94. The highest BCUT2D eigenvalue weighted by molar-refractivity contribution is 7.98. The van der Waals surface area contributed by atoms with E-state index >= 15 is 0 Å². The van der Waals surface area contributed by atoms with Crippen LogP contribution in [-0.4, -0.2) is 38.5 Å². The predicted octanol–water partition coefficient (Wildman–Crippen LogP) is 2.33. The summed E-state index contributed by atoms with van der Waals surface area (Å²) in [6.07, 6.45) is 6.32. The molecule has 0 bridgehead atoms. The molecule has 0 fully saturated rings. The van der Waals surface area contributed by atoms with Gasteiger partial charge in [0.15, 0.2) is 5.03 Å². The minimum Gasteiger partial charge on any atom is -0.383 e. The summed E-state index contributed by atoms with van der Waals surface area (Å²) in [5.74, 6) is 1.05. The van der Waals surface area contributed by atoms with Crippen LogP contribution in [0.1, 0.15) is 26.2 Å². The van der Waals surface area contributed by atoms with E-state index in [1.54, 1.807) is 23.9 Å². The quantitative estimate of drug-likeness (QED) is 0.648. The van der Waals surface area contributed by atoms with Crippen LogP contribution in [0.15, 0.2) is 23.4 Å². The molecule has 0 aliphatic carbocycles. The second kappa shape index (κ2) is 9.20. The molecule has 0 aromatic carbocycles. The molecule has 0 amide bonds. The Morgan fingerprint density at radius 1 is 1.30 bits per heavy atom. The summed E-state index contributed by atoms with van der Waals surface area (Å²) < 4.78 is 27.1. The first kappa shape index (κ1) is 17.3. The zero-order valence-electron chi connectivity index (χ0n) is 12.1. The molecule has 0 unspecified atom stereocenters. The number of aromatic nitrogens is 1. The van der Waals surface area contributed by atoms with Crippen molar-refractivity contribution in [2.45, 2.75) is 31.2 Å². The van der Waals surface area contributed by atoms with E-state index < -0.39 is 10.0 Å². The number of rotatable bonds is 10. The van der Waals surface area contributed by atoms with Gasteiger partial charge in [0.05, 0.1) is 5.69 Å². The zero-order valence-corrected chi connectivity index (χ0v) is 13.7. The molecule has 0 spiro atoms. The molecule has 0 saturated carbocycles. The Balaban J connectivity index is 2.66. The highest BCUT2D eigenvalue weighted by atomic mass is 32.2. The van der Waals surface area contributed by atoms with Crippen molar-refractivity contribution in [3.63, 3.8) is 0 Å². The van der Waals surface area contributed by atoms with Crippen LogP contribution >= 0.6 is 11.8 Å². The minimum absolute atomic E-state index is 0.0818. The van der Waals surface area contributed by atoms with Crippen molar-refractivity contribution < 1.29 is 8.42 Å². The topological polar surface area (TPSA) is 71.1 Å². The fraction of sp³-hybridized carbons (Fsp3) is 0.615. The van der Waals surface area contributed by atoms with Crippen molar-refractivity contribution in [3.05, 3.63) is 18.3 Å². The number of hydrogen-bond acceptors (Lipinski definition) is 5. The average molecular weight is 317 g/mol. The Labute approximate surface area is 126 Å². The minimum atomic E-state index is -3.54. The van der Waals surface area contributed by atoms with Crippen molar-refractivity contribution >= 4 is 27.5 Å². The molecule has 114 valence electrons. The van der Waals surface area contributed by atoms with Gasteiger partial charge in [-0.3, -0.25) is 0 Å². The lowest BCUT2D eigenvalue weighted by Gasteiger charge is -2.11. The van der Waals surface area contributed by atoms with E-state index in [0.29, 0.717) is 12.2 Å². The summed E-state index contributed by atoms with van der Waals surface area (Å²) in [5.41, 5.74) is 0.561. The first-order valence-corrected chi connectivity index (χ1v) is 9.67. The van der Waals surface area contributed by atoms with Crippen LogP contribution in [-0.2, 0) is 10.0 Å². The smallest absolute Gasteiger partial charge is 0.260 e. The molecule has 1 aromatic rings.